The maximum atomic E-state index is 12.8. The third-order valence-corrected chi connectivity index (χ3v) is 7.83. The van der Waals surface area contributed by atoms with Crippen LogP contribution in [-0.4, -0.2) is 50.3 Å². The van der Waals surface area contributed by atoms with Crippen molar-refractivity contribution in [2.45, 2.75) is 44.0 Å². The Morgan fingerprint density at radius 2 is 2.05 bits per heavy atom. The van der Waals surface area contributed by atoms with Crippen molar-refractivity contribution in [3.8, 4) is 0 Å². The molecule has 1 aliphatic heterocycles. The summed E-state index contributed by atoms with van der Waals surface area (Å²) in [7, 11) is -1.66. The number of aryl methyl sites for hydroxylation is 1. The van der Waals surface area contributed by atoms with E-state index in [0.717, 1.165) is 47.6 Å². The molecule has 0 unspecified atom stereocenters. The van der Waals surface area contributed by atoms with Gasteiger partial charge in [0.05, 0.1) is 8.68 Å². The second-order valence-corrected chi connectivity index (χ2v) is 10.2. The van der Waals surface area contributed by atoms with Gasteiger partial charge in [0, 0.05) is 18.0 Å². The molecule has 2 heterocycles. The quantitative estimate of drug-likeness (QED) is 0.768. The first-order valence-corrected chi connectivity index (χ1v) is 10.4. The predicted octanol–water partition coefficient (Wildman–Crippen LogP) is 3.31. The summed E-state index contributed by atoms with van der Waals surface area (Å²) in [6.45, 7) is 7.13. The Morgan fingerprint density at radius 1 is 1.43 bits per heavy atom. The Hall–Kier alpha value is 0.0500. The zero-order chi connectivity index (χ0) is 15.6. The fourth-order valence-corrected chi connectivity index (χ4v) is 6.66. The highest BCUT2D eigenvalue weighted by atomic mass is 79.9. The average molecular weight is 395 g/mol. The van der Waals surface area contributed by atoms with Gasteiger partial charge in [-0.15, -0.1) is 11.3 Å². The minimum absolute atomic E-state index is 0.112. The van der Waals surface area contributed by atoms with Crippen LogP contribution in [0.2, 0.25) is 0 Å². The lowest BCUT2D eigenvalue weighted by Gasteiger charge is -2.36. The van der Waals surface area contributed by atoms with Crippen LogP contribution in [0.3, 0.4) is 0 Å². The molecule has 1 aliphatic rings. The molecule has 2 rings (SSSR count). The molecule has 4 nitrogen and oxygen atoms in total. The van der Waals surface area contributed by atoms with Gasteiger partial charge < -0.3 is 4.90 Å². The molecule has 1 aromatic rings. The molecular weight excluding hydrogens is 372 g/mol. The monoisotopic (exact) mass is 394 g/mol. The average Bonchev–Trinajstić information content (AvgIpc) is 2.79. The molecule has 0 N–H and O–H groups in total. The van der Waals surface area contributed by atoms with Crippen molar-refractivity contribution in [2.75, 3.05) is 26.7 Å². The van der Waals surface area contributed by atoms with E-state index in [2.05, 4.69) is 27.8 Å². The van der Waals surface area contributed by atoms with Crippen LogP contribution >= 0.6 is 27.3 Å². The van der Waals surface area contributed by atoms with Crippen LogP contribution in [0.5, 0.6) is 0 Å². The van der Waals surface area contributed by atoms with Gasteiger partial charge in [-0.2, -0.15) is 4.31 Å². The van der Waals surface area contributed by atoms with E-state index in [1.807, 2.05) is 6.92 Å². The van der Waals surface area contributed by atoms with Gasteiger partial charge in [-0.25, -0.2) is 8.42 Å². The van der Waals surface area contributed by atoms with Crippen LogP contribution in [0, 0.1) is 6.92 Å². The molecule has 120 valence electrons. The number of rotatable bonds is 5. The number of nitrogens with zero attached hydrogens (tertiary/aromatic N) is 2. The molecule has 7 heteroatoms. The largest absolute Gasteiger partial charge is 0.303 e. The van der Waals surface area contributed by atoms with Crippen molar-refractivity contribution in [3.63, 3.8) is 0 Å². The second kappa shape index (κ2) is 7.08. The van der Waals surface area contributed by atoms with Gasteiger partial charge in [-0.1, -0.05) is 6.92 Å². The van der Waals surface area contributed by atoms with E-state index in [9.17, 15) is 8.42 Å². The van der Waals surface area contributed by atoms with Gasteiger partial charge in [-0.3, -0.25) is 0 Å². The van der Waals surface area contributed by atoms with Crippen LogP contribution in [0.15, 0.2) is 14.7 Å². The van der Waals surface area contributed by atoms with Crippen LogP contribution in [0.1, 0.15) is 31.1 Å². The van der Waals surface area contributed by atoms with Crippen LogP contribution in [0.4, 0.5) is 0 Å². The minimum atomic E-state index is -3.38. The smallest absolute Gasteiger partial charge is 0.244 e. The van der Waals surface area contributed by atoms with Crippen molar-refractivity contribution in [3.05, 3.63) is 14.7 Å². The molecule has 1 fully saturated rings. The van der Waals surface area contributed by atoms with E-state index in [1.54, 1.807) is 17.4 Å². The standard InChI is InChI=1S/C14H23BrN2O2S2/c1-4-7-17-8-5-12(6-9-17)16(3)21(18,19)13-10-14(15)20-11(13)2/h10,12H,4-9H2,1-3H3. The summed E-state index contributed by atoms with van der Waals surface area (Å²) in [4.78, 5) is 3.71. The summed E-state index contributed by atoms with van der Waals surface area (Å²) in [5.41, 5.74) is 0. The zero-order valence-electron chi connectivity index (χ0n) is 12.8. The highest BCUT2D eigenvalue weighted by molar-refractivity contribution is 9.11. The normalized spacial score (nSPS) is 18.5. The number of sulfonamides is 1. The Kier molecular flexibility index (Phi) is 5.87. The molecule has 0 saturated carbocycles. The number of hydrogen-bond donors (Lipinski definition) is 0. The number of thiophene rings is 1. The van der Waals surface area contributed by atoms with Crippen molar-refractivity contribution in [1.29, 1.82) is 0 Å². The molecule has 0 aromatic carbocycles. The maximum absolute atomic E-state index is 12.8. The maximum Gasteiger partial charge on any atom is 0.244 e. The lowest BCUT2D eigenvalue weighted by Crippen LogP contribution is -2.45. The molecule has 0 aliphatic carbocycles. The minimum Gasteiger partial charge on any atom is -0.303 e. The van der Waals surface area contributed by atoms with Crippen LogP contribution in [-0.2, 0) is 10.0 Å². The van der Waals surface area contributed by atoms with Crippen molar-refractivity contribution in [2.24, 2.45) is 0 Å². The van der Waals surface area contributed by atoms with E-state index in [1.165, 1.54) is 11.3 Å². The molecular formula is C14H23BrN2O2S2. The number of halogens is 1. The van der Waals surface area contributed by atoms with E-state index in [-0.39, 0.29) is 6.04 Å². The van der Waals surface area contributed by atoms with Gasteiger partial charge in [0.2, 0.25) is 10.0 Å². The highest BCUT2D eigenvalue weighted by Gasteiger charge is 2.32. The predicted molar refractivity (Wildman–Crippen MR) is 91.5 cm³/mol. The molecule has 0 bridgehead atoms. The Labute approximate surface area is 140 Å². The second-order valence-electron chi connectivity index (χ2n) is 5.57. The van der Waals surface area contributed by atoms with Gasteiger partial charge >= 0.3 is 0 Å². The Morgan fingerprint density at radius 3 is 2.52 bits per heavy atom. The lowest BCUT2D eigenvalue weighted by molar-refractivity contribution is 0.170. The first-order valence-electron chi connectivity index (χ1n) is 7.32. The first-order chi connectivity index (χ1) is 9.86. The van der Waals surface area contributed by atoms with E-state index < -0.39 is 10.0 Å². The lowest BCUT2D eigenvalue weighted by atomic mass is 10.1. The van der Waals surface area contributed by atoms with Gasteiger partial charge in [-0.05, 0) is 67.8 Å². The van der Waals surface area contributed by atoms with Crippen LogP contribution in [0.25, 0.3) is 0 Å². The van der Waals surface area contributed by atoms with E-state index >= 15 is 0 Å². The SMILES string of the molecule is CCCN1CCC(N(C)S(=O)(=O)c2cc(Br)sc2C)CC1. The zero-order valence-corrected chi connectivity index (χ0v) is 16.0. The van der Waals surface area contributed by atoms with Crippen molar-refractivity contribution < 1.29 is 8.42 Å². The Balaban J connectivity index is 2.09. The van der Waals surface area contributed by atoms with Crippen LogP contribution < -0.4 is 0 Å². The van der Waals surface area contributed by atoms with Gasteiger partial charge in [0.1, 0.15) is 0 Å². The fourth-order valence-electron chi connectivity index (χ4n) is 2.86. The molecule has 0 spiro atoms. The van der Waals surface area contributed by atoms with Crippen molar-refractivity contribution in [1.82, 2.24) is 9.21 Å². The van der Waals surface area contributed by atoms with Crippen molar-refractivity contribution >= 4 is 37.3 Å². The fraction of sp³-hybridized carbons (Fsp3) is 0.714. The third kappa shape index (κ3) is 3.88. The first kappa shape index (κ1) is 17.4. The molecule has 0 radical (unpaired) electrons. The summed E-state index contributed by atoms with van der Waals surface area (Å²) >= 11 is 4.84. The molecule has 1 aromatic heterocycles. The Bertz CT molecular complexity index is 578. The summed E-state index contributed by atoms with van der Waals surface area (Å²) in [6, 6.07) is 1.83. The molecule has 0 amide bonds. The summed E-state index contributed by atoms with van der Waals surface area (Å²) < 4.78 is 28.0. The highest BCUT2D eigenvalue weighted by Crippen LogP contribution is 2.32. The van der Waals surface area contributed by atoms with Gasteiger partial charge in [0.25, 0.3) is 0 Å². The van der Waals surface area contributed by atoms with E-state index in [0.29, 0.717) is 4.90 Å². The van der Waals surface area contributed by atoms with Gasteiger partial charge in [0.15, 0.2) is 0 Å². The number of piperidine rings is 1. The molecule has 0 atom stereocenters. The topological polar surface area (TPSA) is 40.6 Å². The number of hydrogen-bond acceptors (Lipinski definition) is 4. The summed E-state index contributed by atoms with van der Waals surface area (Å²) in [5, 5.41) is 0. The number of likely N-dealkylation sites (tertiary alicyclic amines) is 1. The third-order valence-electron chi connectivity index (χ3n) is 4.11. The molecule has 21 heavy (non-hydrogen) atoms. The van der Waals surface area contributed by atoms with E-state index in [4.69, 9.17) is 0 Å². The summed E-state index contributed by atoms with van der Waals surface area (Å²) in [6.07, 6.45) is 2.99. The summed E-state index contributed by atoms with van der Waals surface area (Å²) in [5.74, 6) is 0. The molecule has 1 saturated heterocycles.